The van der Waals surface area contributed by atoms with Crippen molar-refractivity contribution in [1.29, 1.82) is 0 Å². The van der Waals surface area contributed by atoms with Crippen LogP contribution in [0.5, 0.6) is 11.5 Å². The van der Waals surface area contributed by atoms with Gasteiger partial charge in [-0.1, -0.05) is 0 Å². The minimum Gasteiger partial charge on any atom is -0.497 e. The van der Waals surface area contributed by atoms with E-state index in [4.69, 9.17) is 14.2 Å². The molecule has 1 aromatic heterocycles. The van der Waals surface area contributed by atoms with Crippen LogP contribution in [0.25, 0.3) is 0 Å². The number of rotatable bonds is 5. The molecular formula is C19H21N3O5. The van der Waals surface area contributed by atoms with Gasteiger partial charge >= 0.3 is 5.97 Å². The number of nitrogens with one attached hydrogen (secondary N) is 2. The molecule has 8 nitrogen and oxygen atoms in total. The molecule has 0 aliphatic carbocycles. The number of carbonyl (C=O) groups is 2. The van der Waals surface area contributed by atoms with Gasteiger partial charge in [0.05, 0.1) is 31.1 Å². The fourth-order valence-electron chi connectivity index (χ4n) is 2.79. The van der Waals surface area contributed by atoms with Crippen LogP contribution in [0, 0.1) is 0 Å². The summed E-state index contributed by atoms with van der Waals surface area (Å²) in [6, 6.07) is 5.06. The molecule has 0 atom stereocenters. The molecular weight excluding hydrogens is 350 g/mol. The summed E-state index contributed by atoms with van der Waals surface area (Å²) < 4.78 is 16.2. The summed E-state index contributed by atoms with van der Waals surface area (Å²) in [5.74, 6) is 0.739. The predicted octanol–water partition coefficient (Wildman–Crippen LogP) is 2.94. The third-order valence-corrected chi connectivity index (χ3v) is 4.19. The van der Waals surface area contributed by atoms with Gasteiger partial charge in [-0.05, 0) is 32.9 Å². The molecule has 0 spiro atoms. The number of aromatic amines is 1. The molecule has 8 heteroatoms. The predicted molar refractivity (Wildman–Crippen MR) is 98.3 cm³/mol. The van der Waals surface area contributed by atoms with Crippen molar-refractivity contribution < 1.29 is 23.8 Å². The van der Waals surface area contributed by atoms with Gasteiger partial charge in [-0.3, -0.25) is 9.89 Å². The fourth-order valence-corrected chi connectivity index (χ4v) is 2.79. The van der Waals surface area contributed by atoms with Crippen LogP contribution in [0.2, 0.25) is 0 Å². The van der Waals surface area contributed by atoms with Gasteiger partial charge in [0.15, 0.2) is 5.78 Å². The number of aromatic nitrogens is 2. The standard InChI is InChI=1S/C19H21N3O5/c1-5-26-18(24)13-9-21-22-17(13)20-10-14-16(23)12-7-6-11(25-4)8-15(12)27-19(14,2)3/h6-10H,5H2,1-4H3,(H2,20,21,22)/b14-10-. The van der Waals surface area contributed by atoms with Crippen LogP contribution in [0.3, 0.4) is 0 Å². The van der Waals surface area contributed by atoms with Crippen molar-refractivity contribution >= 4 is 17.6 Å². The third-order valence-electron chi connectivity index (χ3n) is 4.19. The largest absolute Gasteiger partial charge is 0.497 e. The van der Waals surface area contributed by atoms with Crippen molar-refractivity contribution in [3.8, 4) is 11.5 Å². The van der Waals surface area contributed by atoms with E-state index in [9.17, 15) is 9.59 Å². The van der Waals surface area contributed by atoms with Gasteiger partial charge in [-0.25, -0.2) is 4.79 Å². The summed E-state index contributed by atoms with van der Waals surface area (Å²) in [4.78, 5) is 24.9. The smallest absolute Gasteiger partial charge is 0.343 e. The third kappa shape index (κ3) is 3.51. The molecule has 2 heterocycles. The van der Waals surface area contributed by atoms with Gasteiger partial charge in [0, 0.05) is 12.3 Å². The Balaban J connectivity index is 1.91. The average Bonchev–Trinajstić information content (AvgIpc) is 3.09. The van der Waals surface area contributed by atoms with Crippen LogP contribution >= 0.6 is 0 Å². The Morgan fingerprint density at radius 1 is 1.41 bits per heavy atom. The number of hydrogen-bond donors (Lipinski definition) is 2. The molecule has 1 aliphatic rings. The summed E-state index contributed by atoms with van der Waals surface area (Å²) >= 11 is 0. The van der Waals surface area contributed by atoms with Gasteiger partial charge in [0.2, 0.25) is 0 Å². The van der Waals surface area contributed by atoms with Crippen molar-refractivity contribution in [3.63, 3.8) is 0 Å². The number of benzene rings is 1. The highest BCUT2D eigenvalue weighted by atomic mass is 16.5. The van der Waals surface area contributed by atoms with E-state index in [2.05, 4.69) is 15.5 Å². The zero-order chi connectivity index (χ0) is 19.6. The lowest BCUT2D eigenvalue weighted by molar-refractivity contribution is 0.0527. The van der Waals surface area contributed by atoms with E-state index in [1.807, 2.05) is 0 Å². The highest BCUT2D eigenvalue weighted by Gasteiger charge is 2.38. The van der Waals surface area contributed by atoms with Gasteiger partial charge in [0.1, 0.15) is 28.5 Å². The summed E-state index contributed by atoms with van der Waals surface area (Å²) in [6.07, 6.45) is 2.89. The number of ketones is 1. The highest BCUT2D eigenvalue weighted by molar-refractivity contribution is 6.13. The van der Waals surface area contributed by atoms with Gasteiger partial charge in [0.25, 0.3) is 0 Å². The average molecular weight is 371 g/mol. The maximum atomic E-state index is 13.0. The zero-order valence-corrected chi connectivity index (χ0v) is 15.6. The first-order valence-electron chi connectivity index (χ1n) is 8.46. The van der Waals surface area contributed by atoms with E-state index in [-0.39, 0.29) is 18.0 Å². The summed E-state index contributed by atoms with van der Waals surface area (Å²) in [6.45, 7) is 5.56. The molecule has 0 saturated heterocycles. The summed E-state index contributed by atoms with van der Waals surface area (Å²) in [5, 5.41) is 9.47. The first-order chi connectivity index (χ1) is 12.9. The van der Waals surface area contributed by atoms with E-state index in [0.29, 0.717) is 28.5 Å². The first-order valence-corrected chi connectivity index (χ1v) is 8.46. The molecule has 0 saturated carbocycles. The molecule has 2 aromatic rings. The Labute approximate surface area is 156 Å². The monoisotopic (exact) mass is 371 g/mol. The molecule has 27 heavy (non-hydrogen) atoms. The highest BCUT2D eigenvalue weighted by Crippen LogP contribution is 2.38. The molecule has 142 valence electrons. The lowest BCUT2D eigenvalue weighted by Crippen LogP contribution is -2.39. The van der Waals surface area contributed by atoms with Crippen LogP contribution < -0.4 is 14.8 Å². The second-order valence-electron chi connectivity index (χ2n) is 6.39. The molecule has 0 amide bonds. The zero-order valence-electron chi connectivity index (χ0n) is 15.6. The molecule has 1 aliphatic heterocycles. The Morgan fingerprint density at radius 3 is 2.89 bits per heavy atom. The van der Waals surface area contributed by atoms with E-state index >= 15 is 0 Å². The number of methoxy groups -OCH3 is 1. The molecule has 3 rings (SSSR count). The van der Waals surface area contributed by atoms with Crippen LogP contribution in [-0.4, -0.2) is 41.3 Å². The number of ether oxygens (including phenoxy) is 3. The van der Waals surface area contributed by atoms with Crippen molar-refractivity contribution in [2.75, 3.05) is 19.0 Å². The topological polar surface area (TPSA) is 103 Å². The Morgan fingerprint density at radius 2 is 2.19 bits per heavy atom. The molecule has 0 radical (unpaired) electrons. The van der Waals surface area contributed by atoms with Crippen LogP contribution in [-0.2, 0) is 4.74 Å². The van der Waals surface area contributed by atoms with Gasteiger partial charge in [-0.2, -0.15) is 5.10 Å². The number of esters is 1. The molecule has 0 bridgehead atoms. The maximum Gasteiger partial charge on any atom is 0.343 e. The number of hydrogen-bond acceptors (Lipinski definition) is 7. The SMILES string of the molecule is CCOC(=O)c1cn[nH]c1N/C=C1/C(=O)c2ccc(OC)cc2OC1(C)C. The minimum atomic E-state index is -0.881. The lowest BCUT2D eigenvalue weighted by atomic mass is 9.87. The molecule has 2 N–H and O–H groups in total. The van der Waals surface area contributed by atoms with Crippen molar-refractivity contribution in [3.05, 3.63) is 47.3 Å². The number of carbonyl (C=O) groups excluding carboxylic acids is 2. The van der Waals surface area contributed by atoms with E-state index in [1.54, 1.807) is 46.1 Å². The second kappa shape index (κ2) is 7.14. The maximum absolute atomic E-state index is 13.0. The van der Waals surface area contributed by atoms with Crippen LogP contribution in [0.4, 0.5) is 5.82 Å². The number of nitrogens with zero attached hydrogens (tertiary/aromatic N) is 1. The van der Waals surface area contributed by atoms with Gasteiger partial charge in [-0.15, -0.1) is 0 Å². The van der Waals surface area contributed by atoms with E-state index in [0.717, 1.165) is 0 Å². The molecule has 1 aromatic carbocycles. The normalized spacial score (nSPS) is 16.4. The minimum absolute atomic E-state index is 0.173. The number of H-pyrrole nitrogens is 1. The Hall–Kier alpha value is -3.29. The summed E-state index contributed by atoms with van der Waals surface area (Å²) in [7, 11) is 1.55. The second-order valence-corrected chi connectivity index (χ2v) is 6.39. The van der Waals surface area contributed by atoms with E-state index in [1.165, 1.54) is 12.4 Å². The van der Waals surface area contributed by atoms with Gasteiger partial charge < -0.3 is 19.5 Å². The fraction of sp³-hybridized carbons (Fsp3) is 0.316. The summed E-state index contributed by atoms with van der Waals surface area (Å²) in [5.41, 5.74) is 0.219. The van der Waals surface area contributed by atoms with Crippen molar-refractivity contribution in [2.24, 2.45) is 0 Å². The quantitative estimate of drug-likeness (QED) is 0.615. The van der Waals surface area contributed by atoms with Crippen molar-refractivity contribution in [2.45, 2.75) is 26.4 Å². The molecule has 0 unspecified atom stereocenters. The first kappa shape index (κ1) is 18.5. The number of Topliss-reactive ketones (excluding diaryl/α,β-unsaturated/α-hetero) is 1. The van der Waals surface area contributed by atoms with Crippen molar-refractivity contribution in [1.82, 2.24) is 10.2 Å². The Bertz CT molecular complexity index is 914. The van der Waals surface area contributed by atoms with Crippen LogP contribution in [0.15, 0.2) is 36.2 Å². The number of anilines is 1. The Kier molecular flexibility index (Phi) is 4.89. The van der Waals surface area contributed by atoms with Crippen LogP contribution in [0.1, 0.15) is 41.5 Å². The lowest BCUT2D eigenvalue weighted by Gasteiger charge is -2.34. The molecule has 0 fully saturated rings. The van der Waals surface area contributed by atoms with E-state index < -0.39 is 11.6 Å². The number of fused-ring (bicyclic) bond motifs is 1.